The van der Waals surface area contributed by atoms with Gasteiger partial charge in [0, 0.05) is 29.6 Å². The number of sulfonamides is 1. The lowest BCUT2D eigenvalue weighted by atomic mass is 10.0. The molecule has 4 aromatic carbocycles. The Morgan fingerprint density at radius 1 is 0.891 bits per heavy atom. The fourth-order valence-corrected chi connectivity index (χ4v) is 6.77. The van der Waals surface area contributed by atoms with Gasteiger partial charge in [-0.05, 0) is 66.1 Å². The van der Waals surface area contributed by atoms with Crippen LogP contribution in [0.1, 0.15) is 30.9 Å². The van der Waals surface area contributed by atoms with Gasteiger partial charge in [-0.3, -0.25) is 13.9 Å². The zero-order valence-electron chi connectivity index (χ0n) is 25.7. The van der Waals surface area contributed by atoms with Crippen LogP contribution >= 0.6 is 23.2 Å². The molecule has 8 nitrogen and oxygen atoms in total. The lowest BCUT2D eigenvalue weighted by molar-refractivity contribution is -0.140. The van der Waals surface area contributed by atoms with Crippen molar-refractivity contribution in [2.75, 3.05) is 24.5 Å². The maximum atomic E-state index is 14.5. The number of nitrogens with one attached hydrogen (secondary N) is 1. The van der Waals surface area contributed by atoms with Gasteiger partial charge in [0.05, 0.1) is 17.7 Å². The third kappa shape index (κ3) is 9.02. The number of hydrogen-bond donors (Lipinski definition) is 1. The fraction of sp³-hybridized carbons (Fsp3) is 0.257. The minimum Gasteiger partial charge on any atom is -0.497 e. The predicted octanol–water partition coefficient (Wildman–Crippen LogP) is 6.75. The van der Waals surface area contributed by atoms with Crippen molar-refractivity contribution in [1.82, 2.24) is 10.2 Å². The van der Waals surface area contributed by atoms with E-state index in [0.29, 0.717) is 33.6 Å². The molecule has 0 saturated carbocycles. The average Bonchev–Trinajstić information content (AvgIpc) is 3.06. The van der Waals surface area contributed by atoms with Crippen molar-refractivity contribution in [1.29, 1.82) is 0 Å². The summed E-state index contributed by atoms with van der Waals surface area (Å²) in [7, 11) is -2.74. The largest absolute Gasteiger partial charge is 0.497 e. The first-order chi connectivity index (χ1) is 22.1. The fourth-order valence-electron chi connectivity index (χ4n) is 4.89. The molecule has 242 valence electrons. The van der Waals surface area contributed by atoms with Gasteiger partial charge < -0.3 is 15.0 Å². The van der Waals surface area contributed by atoms with Gasteiger partial charge in [0.1, 0.15) is 18.3 Å². The highest BCUT2D eigenvalue weighted by atomic mass is 35.5. The van der Waals surface area contributed by atoms with E-state index in [1.54, 1.807) is 60.7 Å². The first kappa shape index (κ1) is 34.8. The topological polar surface area (TPSA) is 96.0 Å². The summed E-state index contributed by atoms with van der Waals surface area (Å²) in [5.41, 5.74) is 1.69. The minimum absolute atomic E-state index is 0.0182. The van der Waals surface area contributed by atoms with E-state index in [4.69, 9.17) is 27.9 Å². The summed E-state index contributed by atoms with van der Waals surface area (Å²) >= 11 is 12.7. The number of methoxy groups -OCH3 is 1. The summed E-state index contributed by atoms with van der Waals surface area (Å²) in [6, 6.07) is 27.7. The zero-order valence-corrected chi connectivity index (χ0v) is 28.1. The van der Waals surface area contributed by atoms with Gasteiger partial charge >= 0.3 is 0 Å². The molecule has 4 aromatic rings. The monoisotopic (exact) mass is 681 g/mol. The molecule has 0 aliphatic rings. The highest BCUT2D eigenvalue weighted by molar-refractivity contribution is 7.92. The average molecular weight is 683 g/mol. The summed E-state index contributed by atoms with van der Waals surface area (Å²) in [6.45, 7) is 1.83. The minimum atomic E-state index is -4.23. The molecule has 0 bridgehead atoms. The molecule has 11 heteroatoms. The standard InChI is InChI=1S/C35H37Cl2N3O5S/c1-3-4-21-38-35(42)33(22-26-11-7-5-8-12-26)39(24-27-15-16-28(36)23-32(27)37)34(41)25-40(29-13-9-6-10-14-29)46(43,44)31-19-17-30(45-2)18-20-31/h5-20,23,33H,3-4,21-22,24-25H2,1-2H3,(H,38,42). The van der Waals surface area contributed by atoms with Crippen molar-refractivity contribution < 1.29 is 22.7 Å². The van der Waals surface area contributed by atoms with Gasteiger partial charge in [-0.1, -0.05) is 91.1 Å². The Kier molecular flexibility index (Phi) is 12.5. The summed E-state index contributed by atoms with van der Waals surface area (Å²) in [6.07, 6.45) is 1.84. The summed E-state index contributed by atoms with van der Waals surface area (Å²) in [4.78, 5) is 29.7. The van der Waals surface area contributed by atoms with Crippen molar-refractivity contribution in [3.05, 3.63) is 124 Å². The Hall–Kier alpha value is -4.05. The molecule has 0 fully saturated rings. The predicted molar refractivity (Wildman–Crippen MR) is 183 cm³/mol. The third-order valence-corrected chi connectivity index (χ3v) is 9.80. The first-order valence-electron chi connectivity index (χ1n) is 14.9. The molecular weight excluding hydrogens is 645 g/mol. The van der Waals surface area contributed by atoms with Crippen LogP contribution in [0.15, 0.2) is 108 Å². The van der Waals surface area contributed by atoms with Gasteiger partial charge in [0.2, 0.25) is 11.8 Å². The van der Waals surface area contributed by atoms with Crippen LogP contribution < -0.4 is 14.4 Å². The van der Waals surface area contributed by atoms with E-state index in [1.807, 2.05) is 37.3 Å². The van der Waals surface area contributed by atoms with E-state index < -0.39 is 28.5 Å². The van der Waals surface area contributed by atoms with E-state index in [-0.39, 0.29) is 23.8 Å². The smallest absolute Gasteiger partial charge is 0.264 e. The number of carbonyl (C=O) groups excluding carboxylic acids is 2. The number of para-hydroxylation sites is 1. The molecule has 0 aliphatic carbocycles. The van der Waals surface area contributed by atoms with Crippen LogP contribution in [0.2, 0.25) is 10.0 Å². The highest BCUT2D eigenvalue weighted by Gasteiger charge is 2.35. The molecule has 1 N–H and O–H groups in total. The van der Waals surface area contributed by atoms with Crippen LogP contribution in [-0.2, 0) is 32.6 Å². The number of ether oxygens (including phenoxy) is 1. The molecule has 0 spiro atoms. The quantitative estimate of drug-likeness (QED) is 0.140. The summed E-state index contributed by atoms with van der Waals surface area (Å²) in [5.74, 6) is -0.441. The van der Waals surface area contributed by atoms with Crippen LogP contribution in [0.25, 0.3) is 0 Å². The SMILES string of the molecule is CCCCNC(=O)C(Cc1ccccc1)N(Cc1ccc(Cl)cc1Cl)C(=O)CN(c1ccccc1)S(=O)(=O)c1ccc(OC)cc1. The number of nitrogens with zero attached hydrogens (tertiary/aromatic N) is 2. The van der Waals surface area contributed by atoms with Crippen molar-refractivity contribution in [2.24, 2.45) is 0 Å². The van der Waals surface area contributed by atoms with Gasteiger partial charge in [0.25, 0.3) is 10.0 Å². The second kappa shape index (κ2) is 16.5. The maximum absolute atomic E-state index is 14.5. The van der Waals surface area contributed by atoms with Crippen LogP contribution in [0, 0.1) is 0 Å². The Morgan fingerprint density at radius 3 is 2.15 bits per heavy atom. The Balaban J connectivity index is 1.79. The third-order valence-electron chi connectivity index (χ3n) is 7.43. The van der Waals surface area contributed by atoms with Gasteiger partial charge in [0.15, 0.2) is 0 Å². The number of amides is 2. The van der Waals surface area contributed by atoms with E-state index >= 15 is 0 Å². The Morgan fingerprint density at radius 2 is 1.54 bits per heavy atom. The van der Waals surface area contributed by atoms with Gasteiger partial charge in [-0.25, -0.2) is 8.42 Å². The molecule has 0 heterocycles. The van der Waals surface area contributed by atoms with E-state index in [9.17, 15) is 18.0 Å². The molecule has 0 saturated heterocycles. The number of unbranched alkanes of at least 4 members (excludes halogenated alkanes) is 1. The summed E-state index contributed by atoms with van der Waals surface area (Å²) < 4.78 is 34.5. The molecular formula is C35H37Cl2N3O5S. The van der Waals surface area contributed by atoms with Crippen molar-refractivity contribution in [3.63, 3.8) is 0 Å². The first-order valence-corrected chi connectivity index (χ1v) is 17.1. The molecule has 0 radical (unpaired) electrons. The number of hydrogen-bond acceptors (Lipinski definition) is 5. The lowest BCUT2D eigenvalue weighted by Gasteiger charge is -2.34. The zero-order chi connectivity index (χ0) is 33.1. The lowest BCUT2D eigenvalue weighted by Crippen LogP contribution is -2.53. The van der Waals surface area contributed by atoms with Crippen molar-refractivity contribution >= 4 is 50.7 Å². The number of carbonyl (C=O) groups is 2. The van der Waals surface area contributed by atoms with E-state index in [1.165, 1.54) is 24.1 Å². The summed E-state index contributed by atoms with van der Waals surface area (Å²) in [5, 5.41) is 3.71. The molecule has 1 atom stereocenters. The van der Waals surface area contributed by atoms with Crippen LogP contribution in [0.5, 0.6) is 5.75 Å². The van der Waals surface area contributed by atoms with E-state index in [0.717, 1.165) is 22.7 Å². The molecule has 0 aliphatic heterocycles. The number of rotatable bonds is 15. The van der Waals surface area contributed by atoms with Crippen molar-refractivity contribution in [2.45, 2.75) is 43.7 Å². The molecule has 46 heavy (non-hydrogen) atoms. The second-order valence-corrected chi connectivity index (χ2v) is 13.3. The highest BCUT2D eigenvalue weighted by Crippen LogP contribution is 2.28. The molecule has 4 rings (SSSR count). The molecule has 1 unspecified atom stereocenters. The number of anilines is 1. The van der Waals surface area contributed by atoms with Crippen LogP contribution in [0.3, 0.4) is 0 Å². The molecule has 0 aromatic heterocycles. The van der Waals surface area contributed by atoms with Crippen LogP contribution in [-0.4, -0.2) is 51.4 Å². The Bertz CT molecular complexity index is 1710. The second-order valence-electron chi connectivity index (χ2n) is 10.6. The number of halogens is 2. The van der Waals surface area contributed by atoms with Gasteiger partial charge in [-0.15, -0.1) is 0 Å². The van der Waals surface area contributed by atoms with Crippen LogP contribution in [0.4, 0.5) is 5.69 Å². The van der Waals surface area contributed by atoms with Gasteiger partial charge in [-0.2, -0.15) is 0 Å². The number of benzene rings is 4. The van der Waals surface area contributed by atoms with E-state index in [2.05, 4.69) is 5.32 Å². The molecule has 2 amide bonds. The maximum Gasteiger partial charge on any atom is 0.264 e. The van der Waals surface area contributed by atoms with Crippen molar-refractivity contribution in [3.8, 4) is 5.75 Å². The normalized spacial score (nSPS) is 11.8. The Labute approximate surface area is 280 Å².